The van der Waals surface area contributed by atoms with Gasteiger partial charge in [-0.3, -0.25) is 0 Å². The quantitative estimate of drug-likeness (QED) is 0.0155. The van der Waals surface area contributed by atoms with E-state index >= 15 is 0 Å². The average molecular weight is 790 g/mol. The minimum absolute atomic E-state index is 0.0613. The van der Waals surface area contributed by atoms with E-state index in [-0.39, 0.29) is 54.8 Å². The summed E-state index contributed by atoms with van der Waals surface area (Å²) in [5.41, 5.74) is -1.15. The van der Waals surface area contributed by atoms with Gasteiger partial charge >= 0.3 is 5.97 Å². The fraction of sp³-hybridized carbons (Fsp3) is 0.129. The Kier molecular flexibility index (Phi) is 13.1. The van der Waals surface area contributed by atoms with Gasteiger partial charge in [-0.15, -0.1) is 24.0 Å². The normalized spacial score (nSPS) is 12.1. The number of methoxy groups -OCH3 is 1. The van der Waals surface area contributed by atoms with Gasteiger partial charge in [0, 0.05) is 35.9 Å². The molecule has 0 aliphatic carbocycles. The van der Waals surface area contributed by atoms with Crippen LogP contribution in [0.1, 0.15) is 16.8 Å². The van der Waals surface area contributed by atoms with Crippen molar-refractivity contribution in [3.05, 3.63) is 72.3 Å². The van der Waals surface area contributed by atoms with Crippen LogP contribution in [-0.4, -0.2) is 65.6 Å². The molecule has 53 heavy (non-hydrogen) atoms. The van der Waals surface area contributed by atoms with Crippen molar-refractivity contribution in [3.63, 3.8) is 0 Å². The number of rotatable bonds is 17. The summed E-state index contributed by atoms with van der Waals surface area (Å²) in [7, 11) is -2.52. The molecule has 0 aromatic heterocycles. The SMILES string of the molecule is COCCCNS(=O)(=O)c1ccc(O)c(N=Nc2c(SOOO)cc3ccc(N=Nc4c(O)c(C(=O)O)cc5cccc(SOOO)c45)cc3c2O)c1. The molecule has 19 nitrogen and oxygen atoms in total. The lowest BCUT2D eigenvalue weighted by Gasteiger charge is -2.11. The molecule has 0 bridgehead atoms. The number of azo groups is 2. The van der Waals surface area contributed by atoms with Crippen molar-refractivity contribution in [2.45, 2.75) is 21.1 Å². The molecular weight excluding hydrogens is 763 g/mol. The maximum Gasteiger partial charge on any atom is 0.339 e. The predicted molar refractivity (Wildman–Crippen MR) is 188 cm³/mol. The number of hydrogen-bond acceptors (Lipinski definition) is 19. The fourth-order valence-electron chi connectivity index (χ4n) is 4.85. The van der Waals surface area contributed by atoms with Crippen molar-refractivity contribution in [2.75, 3.05) is 20.3 Å². The number of hydrogen-bond donors (Lipinski definition) is 7. The fourth-order valence-corrected chi connectivity index (χ4v) is 6.97. The lowest BCUT2D eigenvalue weighted by Crippen LogP contribution is -2.25. The Hall–Kier alpha value is -4.98. The predicted octanol–water partition coefficient (Wildman–Crippen LogP) is 7.81. The van der Waals surface area contributed by atoms with Crippen LogP contribution < -0.4 is 4.72 Å². The molecule has 0 aliphatic rings. The van der Waals surface area contributed by atoms with Crippen LogP contribution in [0.4, 0.5) is 22.7 Å². The molecule has 5 rings (SSSR count). The second-order valence-electron chi connectivity index (χ2n) is 10.5. The van der Waals surface area contributed by atoms with E-state index in [1.807, 2.05) is 0 Å². The molecule has 0 atom stereocenters. The van der Waals surface area contributed by atoms with Crippen LogP contribution in [0.2, 0.25) is 0 Å². The van der Waals surface area contributed by atoms with Gasteiger partial charge in [0.15, 0.2) is 11.5 Å². The number of nitrogens with zero attached hydrogens (tertiary/aromatic N) is 4. The van der Waals surface area contributed by atoms with Crippen molar-refractivity contribution >= 4 is 84.4 Å². The van der Waals surface area contributed by atoms with E-state index in [4.69, 9.17) is 15.3 Å². The van der Waals surface area contributed by atoms with Crippen molar-refractivity contribution in [3.8, 4) is 17.2 Å². The molecule has 7 N–H and O–H groups in total. The zero-order valence-corrected chi connectivity index (χ0v) is 29.4. The number of carbonyl (C=O) groups is 1. The van der Waals surface area contributed by atoms with Crippen LogP contribution in [0.3, 0.4) is 0 Å². The monoisotopic (exact) mass is 789 g/mol. The minimum Gasteiger partial charge on any atom is -0.506 e. The number of phenols is 3. The van der Waals surface area contributed by atoms with E-state index < -0.39 is 38.8 Å². The second-order valence-corrected chi connectivity index (χ2v) is 13.8. The zero-order chi connectivity index (χ0) is 38.1. The summed E-state index contributed by atoms with van der Waals surface area (Å²) >= 11 is 0.999. The molecule has 5 aromatic rings. The topological polar surface area (TPSA) is 280 Å². The highest BCUT2D eigenvalue weighted by Crippen LogP contribution is 2.47. The van der Waals surface area contributed by atoms with E-state index in [1.165, 1.54) is 49.6 Å². The number of carboxylic acid groups (broad SMARTS) is 1. The number of phenolic OH excluding ortho intramolecular Hbond substituents is 2. The van der Waals surface area contributed by atoms with Crippen LogP contribution in [0.15, 0.2) is 102 Å². The Morgan fingerprint density at radius 3 is 2.26 bits per heavy atom. The summed E-state index contributed by atoms with van der Waals surface area (Å²) in [6.45, 7) is 0.428. The van der Waals surface area contributed by atoms with Crippen molar-refractivity contribution < 1.29 is 67.6 Å². The number of aromatic hydroxyl groups is 3. The molecule has 0 unspecified atom stereocenters. The highest BCUT2D eigenvalue weighted by atomic mass is 32.2. The van der Waals surface area contributed by atoms with Gasteiger partial charge in [0.2, 0.25) is 10.0 Å². The van der Waals surface area contributed by atoms with Crippen LogP contribution in [0.25, 0.3) is 21.5 Å². The van der Waals surface area contributed by atoms with Gasteiger partial charge in [0.25, 0.3) is 0 Å². The van der Waals surface area contributed by atoms with Crippen molar-refractivity contribution in [1.82, 2.24) is 4.72 Å². The molecule has 0 heterocycles. The summed E-state index contributed by atoms with van der Waals surface area (Å²) < 4.78 is 42.0. The largest absolute Gasteiger partial charge is 0.506 e. The third-order valence-corrected chi connectivity index (χ3v) is 9.97. The number of sulfonamides is 1. The highest BCUT2D eigenvalue weighted by Gasteiger charge is 2.22. The molecule has 0 fully saturated rings. The smallest absolute Gasteiger partial charge is 0.339 e. The van der Waals surface area contributed by atoms with Gasteiger partial charge < -0.3 is 25.2 Å². The summed E-state index contributed by atoms with van der Waals surface area (Å²) in [5, 5.41) is 84.5. The minimum atomic E-state index is -4.00. The first-order chi connectivity index (χ1) is 25.5. The third-order valence-electron chi connectivity index (χ3n) is 7.25. The number of aromatic carboxylic acids is 1. The standard InChI is InChI=1S/C31H27N5O14S3/c1-46-11-3-10-32-53(44,45)19-8-9-23(37)22(15-19)34-35-27-25(52-50-48-43)13-16-6-7-18(14-20(16)29(27)38)33-36-28-26-17(12-21(30(28)39)31(40)41)4-2-5-24(26)51-49-47-42/h2,4-9,12-15,32,37-39,42-43H,3,10-11H2,1H3,(H,40,41). The van der Waals surface area contributed by atoms with Gasteiger partial charge in [-0.05, 0) is 65.7 Å². The maximum atomic E-state index is 12.8. The molecule has 0 amide bonds. The molecule has 0 radical (unpaired) electrons. The van der Waals surface area contributed by atoms with Crippen LogP contribution in [-0.2, 0) is 33.5 Å². The van der Waals surface area contributed by atoms with Gasteiger partial charge in [-0.25, -0.2) is 28.4 Å². The molecule has 0 saturated heterocycles. The Morgan fingerprint density at radius 2 is 1.55 bits per heavy atom. The number of carboxylic acids is 1. The van der Waals surface area contributed by atoms with Gasteiger partial charge in [0.05, 0.1) is 39.6 Å². The molecule has 0 saturated carbocycles. The molecule has 0 aliphatic heterocycles. The first-order valence-electron chi connectivity index (χ1n) is 14.7. The Morgan fingerprint density at radius 1 is 0.811 bits per heavy atom. The van der Waals surface area contributed by atoms with Crippen LogP contribution >= 0.6 is 24.1 Å². The number of nitrogens with one attached hydrogen (secondary N) is 1. The third kappa shape index (κ3) is 9.16. The van der Waals surface area contributed by atoms with E-state index in [1.54, 1.807) is 12.1 Å². The molecule has 22 heteroatoms. The van der Waals surface area contributed by atoms with E-state index in [0.717, 1.165) is 12.1 Å². The average Bonchev–Trinajstić information content (AvgIpc) is 3.14. The molecular formula is C31H27N5O14S3. The van der Waals surface area contributed by atoms with Crippen molar-refractivity contribution in [2.24, 2.45) is 20.5 Å². The van der Waals surface area contributed by atoms with Gasteiger partial charge in [-0.2, -0.15) is 5.11 Å². The van der Waals surface area contributed by atoms with Crippen LogP contribution in [0.5, 0.6) is 17.2 Å². The second kappa shape index (κ2) is 17.7. The number of fused-ring (bicyclic) bond motifs is 2. The number of ether oxygens (including phenoxy) is 1. The summed E-state index contributed by atoms with van der Waals surface area (Å²) in [6.07, 6.45) is 0.416. The summed E-state index contributed by atoms with van der Waals surface area (Å²) in [4.78, 5) is 12.0. The van der Waals surface area contributed by atoms with E-state index in [2.05, 4.69) is 43.9 Å². The summed E-state index contributed by atoms with van der Waals surface area (Å²) in [5.74, 6) is -3.09. The Labute approximate surface area is 307 Å². The molecule has 0 spiro atoms. The lowest BCUT2D eigenvalue weighted by atomic mass is 10.0. The Balaban J connectivity index is 1.56. The van der Waals surface area contributed by atoms with Crippen LogP contribution in [0, 0.1) is 0 Å². The van der Waals surface area contributed by atoms with E-state index in [9.17, 15) is 33.6 Å². The highest BCUT2D eigenvalue weighted by molar-refractivity contribution is 7.95. The van der Waals surface area contributed by atoms with Gasteiger partial charge in [-0.1, -0.05) is 28.3 Å². The lowest BCUT2D eigenvalue weighted by molar-refractivity contribution is -0.432. The molecule has 5 aromatic carbocycles. The number of benzene rings is 5. The van der Waals surface area contributed by atoms with Gasteiger partial charge in [0.1, 0.15) is 28.4 Å². The first-order valence-corrected chi connectivity index (χ1v) is 17.7. The van der Waals surface area contributed by atoms with Crippen molar-refractivity contribution in [1.29, 1.82) is 0 Å². The van der Waals surface area contributed by atoms with E-state index in [0.29, 0.717) is 47.9 Å². The Bertz CT molecular complexity index is 2330. The molecule has 278 valence electrons. The maximum absolute atomic E-state index is 12.8. The first kappa shape index (κ1) is 39.2. The summed E-state index contributed by atoms with van der Waals surface area (Å²) in [6, 6.07) is 15.1. The zero-order valence-electron chi connectivity index (χ0n) is 26.9.